The van der Waals surface area contributed by atoms with Gasteiger partial charge in [0, 0.05) is 43.7 Å². The van der Waals surface area contributed by atoms with E-state index in [1.165, 1.54) is 30.4 Å². The van der Waals surface area contributed by atoms with E-state index in [-0.39, 0.29) is 5.91 Å². The number of thiophene rings is 1. The average Bonchev–Trinajstić information content (AvgIpc) is 3.58. The first kappa shape index (κ1) is 24.1. The number of hydrogen-bond acceptors (Lipinski definition) is 4. The number of ether oxygens (including phenoxy) is 1. The summed E-state index contributed by atoms with van der Waals surface area (Å²) >= 11 is 1.76. The lowest BCUT2D eigenvalue weighted by Gasteiger charge is -2.37. The molecule has 1 aliphatic heterocycles. The van der Waals surface area contributed by atoms with Crippen molar-refractivity contribution in [1.82, 2.24) is 9.80 Å². The molecule has 1 aromatic heterocycles. The van der Waals surface area contributed by atoms with Crippen molar-refractivity contribution in [2.45, 2.75) is 50.6 Å². The summed E-state index contributed by atoms with van der Waals surface area (Å²) in [6.45, 7) is 3.78. The predicted molar refractivity (Wildman–Crippen MR) is 143 cm³/mol. The zero-order valence-corrected chi connectivity index (χ0v) is 21.5. The summed E-state index contributed by atoms with van der Waals surface area (Å²) in [5.74, 6) is 1.86. The van der Waals surface area contributed by atoms with Crippen LogP contribution in [0.5, 0.6) is 5.75 Å². The number of nitrogens with zero attached hydrogens (tertiary/aromatic N) is 2. The summed E-state index contributed by atoms with van der Waals surface area (Å²) in [5.41, 5.74) is 3.51. The zero-order valence-electron chi connectivity index (χ0n) is 20.6. The van der Waals surface area contributed by atoms with Gasteiger partial charge in [0.1, 0.15) is 5.75 Å². The summed E-state index contributed by atoms with van der Waals surface area (Å²) in [6.07, 6.45) is 5.96. The lowest BCUT2D eigenvalue weighted by molar-refractivity contribution is 0.0588. The molecular formula is C30H36N2O2S. The van der Waals surface area contributed by atoms with Crippen LogP contribution in [0.4, 0.5) is 0 Å². The summed E-state index contributed by atoms with van der Waals surface area (Å²) in [5, 5.41) is 4.41. The number of methoxy groups -OCH3 is 1. The first-order chi connectivity index (χ1) is 17.2. The predicted octanol–water partition coefficient (Wildman–Crippen LogP) is 6.45. The van der Waals surface area contributed by atoms with Crippen molar-refractivity contribution in [2.75, 3.05) is 26.7 Å². The molecule has 4 nitrogen and oxygen atoms in total. The molecule has 2 atom stereocenters. The molecule has 0 radical (unpaired) electrons. The highest BCUT2D eigenvalue weighted by Crippen LogP contribution is 2.37. The zero-order chi connectivity index (χ0) is 24.0. The molecule has 1 saturated heterocycles. The molecule has 1 aliphatic carbocycles. The van der Waals surface area contributed by atoms with Crippen molar-refractivity contribution in [3.63, 3.8) is 0 Å². The van der Waals surface area contributed by atoms with Crippen molar-refractivity contribution in [3.05, 3.63) is 88.1 Å². The van der Waals surface area contributed by atoms with Crippen LogP contribution >= 0.6 is 11.3 Å². The Morgan fingerprint density at radius 3 is 2.60 bits per heavy atom. The molecule has 2 fully saturated rings. The van der Waals surface area contributed by atoms with E-state index >= 15 is 0 Å². The Labute approximate surface area is 213 Å². The van der Waals surface area contributed by atoms with Crippen LogP contribution in [-0.2, 0) is 6.54 Å². The van der Waals surface area contributed by atoms with Crippen LogP contribution in [0.3, 0.4) is 0 Å². The van der Waals surface area contributed by atoms with Crippen LogP contribution in [0.15, 0.2) is 71.4 Å². The SMILES string of the molecule is COc1cccc(C2CN(Cc3ccsc3)CC2CN(C(=O)c2ccccc2)C2CCCCC2)c1. The Balaban J connectivity index is 1.42. The standard InChI is InChI=1S/C30H36N2O2S/c1-34-28-14-8-11-25(17-28)29-21-31(18-23-15-16-35-22-23)19-26(29)20-32(27-12-6-3-7-13-27)30(33)24-9-4-2-5-10-24/h2,4-5,8-11,14-17,22,26-27,29H,3,6-7,12-13,18-21H2,1H3. The Hall–Kier alpha value is -2.63. The fourth-order valence-electron chi connectivity index (χ4n) is 5.96. The maximum Gasteiger partial charge on any atom is 0.254 e. The third-order valence-electron chi connectivity index (χ3n) is 7.75. The molecule has 0 N–H and O–H groups in total. The minimum Gasteiger partial charge on any atom is -0.497 e. The van der Waals surface area contributed by atoms with Crippen LogP contribution in [0, 0.1) is 5.92 Å². The van der Waals surface area contributed by atoms with E-state index in [2.05, 4.69) is 44.8 Å². The third kappa shape index (κ3) is 5.79. The number of carbonyl (C=O) groups is 1. The molecule has 1 amide bonds. The van der Waals surface area contributed by atoms with Gasteiger partial charge in [0.15, 0.2) is 0 Å². The van der Waals surface area contributed by atoms with E-state index in [4.69, 9.17) is 4.74 Å². The first-order valence-corrected chi connectivity index (χ1v) is 13.9. The van der Waals surface area contributed by atoms with Gasteiger partial charge in [-0.1, -0.05) is 49.6 Å². The van der Waals surface area contributed by atoms with E-state index in [9.17, 15) is 4.79 Å². The summed E-state index contributed by atoms with van der Waals surface area (Å²) < 4.78 is 5.56. The first-order valence-electron chi connectivity index (χ1n) is 12.9. The monoisotopic (exact) mass is 488 g/mol. The quantitative estimate of drug-likeness (QED) is 0.365. The lowest BCUT2D eigenvalue weighted by Crippen LogP contribution is -2.45. The molecule has 2 unspecified atom stereocenters. The highest BCUT2D eigenvalue weighted by Gasteiger charge is 2.38. The van der Waals surface area contributed by atoms with E-state index < -0.39 is 0 Å². The molecule has 1 saturated carbocycles. The van der Waals surface area contributed by atoms with Crippen LogP contribution in [0.2, 0.25) is 0 Å². The summed E-state index contributed by atoms with van der Waals surface area (Å²) in [6, 6.07) is 21.0. The van der Waals surface area contributed by atoms with Gasteiger partial charge in [-0.3, -0.25) is 9.69 Å². The summed E-state index contributed by atoms with van der Waals surface area (Å²) in [4.78, 5) is 18.6. The van der Waals surface area contributed by atoms with Crippen molar-refractivity contribution in [2.24, 2.45) is 5.92 Å². The largest absolute Gasteiger partial charge is 0.497 e. The third-order valence-corrected chi connectivity index (χ3v) is 8.49. The van der Waals surface area contributed by atoms with Gasteiger partial charge in [0.05, 0.1) is 7.11 Å². The second kappa shape index (κ2) is 11.4. The average molecular weight is 489 g/mol. The van der Waals surface area contributed by atoms with Gasteiger partial charge >= 0.3 is 0 Å². The maximum atomic E-state index is 13.8. The Morgan fingerprint density at radius 1 is 1.03 bits per heavy atom. The van der Waals surface area contributed by atoms with E-state index in [0.29, 0.717) is 17.9 Å². The van der Waals surface area contributed by atoms with Gasteiger partial charge < -0.3 is 9.64 Å². The number of hydrogen-bond donors (Lipinski definition) is 0. The van der Waals surface area contributed by atoms with Gasteiger partial charge in [-0.15, -0.1) is 0 Å². The normalized spacial score (nSPS) is 21.2. The van der Waals surface area contributed by atoms with Gasteiger partial charge in [0.2, 0.25) is 0 Å². The van der Waals surface area contributed by atoms with Gasteiger partial charge in [-0.2, -0.15) is 11.3 Å². The number of likely N-dealkylation sites (tertiary alicyclic amines) is 1. The van der Waals surface area contributed by atoms with Crippen molar-refractivity contribution in [3.8, 4) is 5.75 Å². The number of benzene rings is 2. The summed E-state index contributed by atoms with van der Waals surface area (Å²) in [7, 11) is 1.73. The highest BCUT2D eigenvalue weighted by atomic mass is 32.1. The molecule has 0 spiro atoms. The number of carbonyl (C=O) groups excluding carboxylic acids is 1. The van der Waals surface area contributed by atoms with E-state index in [0.717, 1.165) is 50.3 Å². The van der Waals surface area contributed by atoms with Gasteiger partial charge in [-0.05, 0) is 71.0 Å². The Morgan fingerprint density at radius 2 is 1.86 bits per heavy atom. The molecule has 5 rings (SSSR count). The molecule has 2 aliphatic rings. The van der Waals surface area contributed by atoms with Crippen molar-refractivity contribution in [1.29, 1.82) is 0 Å². The Kier molecular flexibility index (Phi) is 7.85. The van der Waals surface area contributed by atoms with Gasteiger partial charge in [0.25, 0.3) is 5.91 Å². The molecule has 184 valence electrons. The molecule has 2 aromatic carbocycles. The molecule has 3 aromatic rings. The van der Waals surface area contributed by atoms with Crippen molar-refractivity contribution < 1.29 is 9.53 Å². The van der Waals surface area contributed by atoms with Crippen LogP contribution in [-0.4, -0.2) is 48.5 Å². The lowest BCUT2D eigenvalue weighted by atomic mass is 9.86. The maximum absolute atomic E-state index is 13.8. The van der Waals surface area contributed by atoms with Crippen LogP contribution < -0.4 is 4.74 Å². The molecule has 0 bridgehead atoms. The highest BCUT2D eigenvalue weighted by molar-refractivity contribution is 7.07. The molecule has 35 heavy (non-hydrogen) atoms. The fourth-order valence-corrected chi connectivity index (χ4v) is 6.61. The van der Waals surface area contributed by atoms with Crippen LogP contribution in [0.25, 0.3) is 0 Å². The van der Waals surface area contributed by atoms with E-state index in [1.54, 1.807) is 18.4 Å². The topological polar surface area (TPSA) is 32.8 Å². The van der Waals surface area contributed by atoms with Crippen molar-refractivity contribution >= 4 is 17.2 Å². The minimum atomic E-state index is 0.193. The molecule has 2 heterocycles. The number of amides is 1. The fraction of sp³-hybridized carbons (Fsp3) is 0.433. The van der Waals surface area contributed by atoms with E-state index in [1.807, 2.05) is 36.4 Å². The second-order valence-electron chi connectivity index (χ2n) is 10.1. The van der Waals surface area contributed by atoms with Gasteiger partial charge in [-0.25, -0.2) is 0 Å². The minimum absolute atomic E-state index is 0.193. The smallest absolute Gasteiger partial charge is 0.254 e. The molecule has 5 heteroatoms. The Bertz CT molecular complexity index is 1080. The molecular weight excluding hydrogens is 452 g/mol. The van der Waals surface area contributed by atoms with Crippen LogP contribution in [0.1, 0.15) is 59.5 Å². The number of rotatable bonds is 8. The second-order valence-corrected chi connectivity index (χ2v) is 10.9.